The van der Waals surface area contributed by atoms with Crippen molar-refractivity contribution in [3.63, 3.8) is 0 Å². The van der Waals surface area contributed by atoms with Crippen LogP contribution in [-0.4, -0.2) is 44.3 Å². The summed E-state index contributed by atoms with van der Waals surface area (Å²) in [5.41, 5.74) is -1.91. The van der Waals surface area contributed by atoms with E-state index in [4.69, 9.17) is 6.42 Å². The van der Waals surface area contributed by atoms with Crippen LogP contribution in [0, 0.1) is 46.8 Å². The van der Waals surface area contributed by atoms with Crippen molar-refractivity contribution in [2.45, 2.75) is 82.7 Å². The predicted molar refractivity (Wildman–Crippen MR) is 94.3 cm³/mol. The zero-order valence-electron chi connectivity index (χ0n) is 15.4. The Balaban J connectivity index is 1.72. The van der Waals surface area contributed by atoms with E-state index in [2.05, 4.69) is 12.8 Å². The lowest BCUT2D eigenvalue weighted by Gasteiger charge is -2.62. The second-order valence-corrected chi connectivity index (χ2v) is 9.84. The highest BCUT2D eigenvalue weighted by Gasteiger charge is 2.68. The first-order chi connectivity index (χ1) is 11.7. The van der Waals surface area contributed by atoms with Gasteiger partial charge in [0.1, 0.15) is 0 Å². The van der Waals surface area contributed by atoms with Gasteiger partial charge in [-0.3, -0.25) is 0 Å². The zero-order valence-corrected chi connectivity index (χ0v) is 15.4. The first-order valence-corrected chi connectivity index (χ1v) is 9.91. The molecule has 0 aliphatic heterocycles. The third-order valence-electron chi connectivity index (χ3n) is 9.10. The maximum atomic E-state index is 11.0. The summed E-state index contributed by atoms with van der Waals surface area (Å²) in [4.78, 5) is 0. The highest BCUT2D eigenvalue weighted by Crippen LogP contribution is 2.68. The van der Waals surface area contributed by atoms with Gasteiger partial charge in [-0.2, -0.15) is 0 Å². The van der Waals surface area contributed by atoms with Gasteiger partial charge in [0.05, 0.1) is 18.3 Å². The Kier molecular flexibility index (Phi) is 3.88. The van der Waals surface area contributed by atoms with Crippen LogP contribution in [0.2, 0.25) is 0 Å². The first-order valence-electron chi connectivity index (χ1n) is 9.91. The Morgan fingerprint density at radius 1 is 0.960 bits per heavy atom. The molecular formula is C21H32O4. The fraction of sp³-hybridized carbons (Fsp3) is 0.905. The molecule has 25 heavy (non-hydrogen) atoms. The van der Waals surface area contributed by atoms with Crippen LogP contribution in [-0.2, 0) is 0 Å². The van der Waals surface area contributed by atoms with Gasteiger partial charge < -0.3 is 20.4 Å². The number of hydrogen-bond donors (Lipinski definition) is 4. The summed E-state index contributed by atoms with van der Waals surface area (Å²) < 4.78 is 0. The van der Waals surface area contributed by atoms with Crippen LogP contribution in [0.3, 0.4) is 0 Å². The summed E-state index contributed by atoms with van der Waals surface area (Å²) in [7, 11) is 0. The van der Waals surface area contributed by atoms with E-state index in [0.717, 1.165) is 32.1 Å². The fourth-order valence-electron chi connectivity index (χ4n) is 7.49. The van der Waals surface area contributed by atoms with E-state index in [1.54, 1.807) is 0 Å². The van der Waals surface area contributed by atoms with Crippen LogP contribution < -0.4 is 0 Å². The molecule has 4 fully saturated rings. The van der Waals surface area contributed by atoms with Gasteiger partial charge in [0, 0.05) is 5.41 Å². The molecule has 4 aliphatic carbocycles. The number of fused-ring (bicyclic) bond motifs is 5. The van der Waals surface area contributed by atoms with Crippen LogP contribution in [0.1, 0.15) is 58.8 Å². The van der Waals surface area contributed by atoms with Crippen molar-refractivity contribution in [1.29, 1.82) is 0 Å². The average Bonchev–Trinajstić information content (AvgIpc) is 2.77. The molecule has 10 atom stereocenters. The maximum Gasteiger partial charge on any atom is 0.156 e. The number of aliphatic hydroxyl groups excluding tert-OH is 3. The lowest BCUT2D eigenvalue weighted by molar-refractivity contribution is -0.186. The lowest BCUT2D eigenvalue weighted by Crippen LogP contribution is -2.60. The van der Waals surface area contributed by atoms with E-state index in [1.165, 1.54) is 0 Å². The molecule has 4 saturated carbocycles. The van der Waals surface area contributed by atoms with E-state index >= 15 is 0 Å². The Hall–Kier alpha value is -0.600. The van der Waals surface area contributed by atoms with Crippen LogP contribution in [0.15, 0.2) is 0 Å². The summed E-state index contributed by atoms with van der Waals surface area (Å²) in [6.45, 7) is 4.35. The fourth-order valence-corrected chi connectivity index (χ4v) is 7.49. The van der Waals surface area contributed by atoms with E-state index in [0.29, 0.717) is 24.7 Å². The Morgan fingerprint density at radius 3 is 2.36 bits per heavy atom. The van der Waals surface area contributed by atoms with Gasteiger partial charge in [-0.05, 0) is 74.0 Å². The predicted octanol–water partition coefficient (Wildman–Crippen LogP) is 1.70. The van der Waals surface area contributed by atoms with Crippen molar-refractivity contribution in [3.8, 4) is 12.3 Å². The van der Waals surface area contributed by atoms with E-state index in [-0.39, 0.29) is 23.4 Å². The van der Waals surface area contributed by atoms with Crippen molar-refractivity contribution in [3.05, 3.63) is 0 Å². The standard InChI is InChI=1S/C21H32O4/c1-4-21(25)17(24)11-15-18-14(6-8-20(15,21)3)19(2)7-5-13(22)9-12(19)10-16(18)23/h1,12-18,22-25H,5-11H2,2-3H3/t12-,13-,14?,15?,16-,17-,18?,19-,20-,21+/m0/s1. The van der Waals surface area contributed by atoms with Crippen molar-refractivity contribution < 1.29 is 20.4 Å². The number of aliphatic hydroxyl groups is 4. The van der Waals surface area contributed by atoms with Gasteiger partial charge in [0.2, 0.25) is 0 Å². The molecular weight excluding hydrogens is 316 g/mol. The van der Waals surface area contributed by atoms with Crippen molar-refractivity contribution in [2.75, 3.05) is 0 Å². The van der Waals surface area contributed by atoms with Gasteiger partial charge in [-0.25, -0.2) is 0 Å². The van der Waals surface area contributed by atoms with Gasteiger partial charge in [0.15, 0.2) is 5.60 Å². The molecule has 0 aromatic rings. The third-order valence-corrected chi connectivity index (χ3v) is 9.10. The van der Waals surface area contributed by atoms with Crippen molar-refractivity contribution in [2.24, 2.45) is 34.5 Å². The largest absolute Gasteiger partial charge is 0.393 e. The molecule has 4 N–H and O–H groups in total. The minimum Gasteiger partial charge on any atom is -0.393 e. The highest BCUT2D eigenvalue weighted by molar-refractivity contribution is 5.27. The minimum atomic E-state index is -1.50. The van der Waals surface area contributed by atoms with Crippen LogP contribution in [0.25, 0.3) is 0 Å². The van der Waals surface area contributed by atoms with Crippen molar-refractivity contribution in [1.82, 2.24) is 0 Å². The summed E-state index contributed by atoms with van der Waals surface area (Å²) in [6.07, 6.45) is 9.57. The quantitative estimate of drug-likeness (QED) is 0.502. The molecule has 4 heteroatoms. The average molecular weight is 348 g/mol. The Morgan fingerprint density at radius 2 is 1.68 bits per heavy atom. The molecule has 0 aromatic heterocycles. The van der Waals surface area contributed by atoms with Gasteiger partial charge in [0.25, 0.3) is 0 Å². The third kappa shape index (κ3) is 2.10. The van der Waals surface area contributed by atoms with E-state index in [9.17, 15) is 20.4 Å². The summed E-state index contributed by atoms with van der Waals surface area (Å²) >= 11 is 0. The second-order valence-electron chi connectivity index (χ2n) is 9.84. The van der Waals surface area contributed by atoms with E-state index < -0.39 is 23.2 Å². The molecule has 3 unspecified atom stereocenters. The van der Waals surface area contributed by atoms with Crippen molar-refractivity contribution >= 4 is 0 Å². The molecule has 4 rings (SSSR count). The normalized spacial score (nSPS) is 60.9. The zero-order chi connectivity index (χ0) is 18.2. The van der Waals surface area contributed by atoms with Crippen LogP contribution in [0.5, 0.6) is 0 Å². The molecule has 0 amide bonds. The molecule has 0 bridgehead atoms. The molecule has 0 spiro atoms. The number of terminal acetylenes is 1. The maximum absolute atomic E-state index is 11.0. The monoisotopic (exact) mass is 348 g/mol. The summed E-state index contributed by atoms with van der Waals surface area (Å²) in [6, 6.07) is 0. The molecule has 0 aromatic carbocycles. The molecule has 0 radical (unpaired) electrons. The van der Waals surface area contributed by atoms with Gasteiger partial charge in [-0.15, -0.1) is 6.42 Å². The molecule has 4 nitrogen and oxygen atoms in total. The van der Waals surface area contributed by atoms with Gasteiger partial charge >= 0.3 is 0 Å². The Labute approximate surface area is 150 Å². The lowest BCUT2D eigenvalue weighted by atomic mass is 9.43. The first kappa shape index (κ1) is 17.8. The molecule has 0 saturated heterocycles. The smallest absolute Gasteiger partial charge is 0.156 e. The number of hydrogen-bond acceptors (Lipinski definition) is 4. The molecule has 0 heterocycles. The topological polar surface area (TPSA) is 80.9 Å². The Bertz CT molecular complexity index is 599. The summed E-state index contributed by atoms with van der Waals surface area (Å²) in [5.74, 6) is 3.35. The number of rotatable bonds is 0. The molecule has 140 valence electrons. The SMILES string of the molecule is C#C[C@@]1(O)[C@@H](O)CC2C3C(CC[C@@]21C)[C@@]1(C)CC[C@H](O)C[C@H]1C[C@@H]3O. The van der Waals surface area contributed by atoms with Gasteiger partial charge in [-0.1, -0.05) is 19.8 Å². The van der Waals surface area contributed by atoms with E-state index in [1.807, 2.05) is 6.92 Å². The molecule has 4 aliphatic rings. The van der Waals surface area contributed by atoms with Crippen LogP contribution >= 0.6 is 0 Å². The minimum absolute atomic E-state index is 0.0434. The van der Waals surface area contributed by atoms with Crippen LogP contribution in [0.4, 0.5) is 0 Å². The second kappa shape index (κ2) is 5.45. The summed E-state index contributed by atoms with van der Waals surface area (Å²) in [5, 5.41) is 42.7. The highest BCUT2D eigenvalue weighted by atomic mass is 16.3.